The molecule has 0 saturated carbocycles. The molecule has 0 aromatic carbocycles. The Bertz CT molecular complexity index is 404. The molecule has 1 atom stereocenters. The third-order valence-electron chi connectivity index (χ3n) is 3.36. The van der Waals surface area contributed by atoms with Crippen LogP contribution in [0.15, 0.2) is 6.20 Å². The lowest BCUT2D eigenvalue weighted by Gasteiger charge is -2.29. The van der Waals surface area contributed by atoms with E-state index in [1.807, 2.05) is 6.20 Å². The zero-order valence-electron chi connectivity index (χ0n) is 12.9. The SMILES string of the molecule is CC(C)CC(C)N(C)c1cnc(C(C)C)nc1CCl. The van der Waals surface area contributed by atoms with Crippen molar-refractivity contribution < 1.29 is 0 Å². The van der Waals surface area contributed by atoms with Crippen LogP contribution in [0.5, 0.6) is 0 Å². The molecule has 0 radical (unpaired) electrons. The Kier molecular flexibility index (Phi) is 6.05. The van der Waals surface area contributed by atoms with E-state index in [4.69, 9.17) is 11.6 Å². The quantitative estimate of drug-likeness (QED) is 0.732. The molecule has 0 amide bonds. The number of halogens is 1. The minimum Gasteiger partial charge on any atom is -0.369 e. The Labute approximate surface area is 122 Å². The van der Waals surface area contributed by atoms with Crippen LogP contribution in [-0.2, 0) is 5.88 Å². The van der Waals surface area contributed by atoms with Gasteiger partial charge >= 0.3 is 0 Å². The fraction of sp³-hybridized carbons (Fsp3) is 0.733. The van der Waals surface area contributed by atoms with Gasteiger partial charge in [0, 0.05) is 19.0 Å². The minimum absolute atomic E-state index is 0.328. The van der Waals surface area contributed by atoms with Crippen LogP contribution >= 0.6 is 11.6 Å². The Morgan fingerprint density at radius 2 is 1.84 bits per heavy atom. The molecule has 1 heterocycles. The highest BCUT2D eigenvalue weighted by atomic mass is 35.5. The van der Waals surface area contributed by atoms with Crippen LogP contribution in [0.1, 0.15) is 58.5 Å². The first-order valence-electron chi connectivity index (χ1n) is 7.01. The summed E-state index contributed by atoms with van der Waals surface area (Å²) in [6.07, 6.45) is 3.06. The summed E-state index contributed by atoms with van der Waals surface area (Å²) in [6, 6.07) is 0.454. The highest BCUT2D eigenvalue weighted by Gasteiger charge is 2.17. The van der Waals surface area contributed by atoms with Crippen molar-refractivity contribution in [2.24, 2.45) is 5.92 Å². The molecule has 0 aliphatic carbocycles. The van der Waals surface area contributed by atoms with Gasteiger partial charge in [-0.1, -0.05) is 27.7 Å². The normalized spacial score (nSPS) is 13.1. The number of nitrogens with zero attached hydrogens (tertiary/aromatic N) is 3. The van der Waals surface area contributed by atoms with Crippen molar-refractivity contribution in [1.82, 2.24) is 9.97 Å². The molecule has 3 nitrogen and oxygen atoms in total. The van der Waals surface area contributed by atoms with E-state index >= 15 is 0 Å². The summed E-state index contributed by atoms with van der Waals surface area (Å²) < 4.78 is 0. The number of aromatic nitrogens is 2. The molecule has 108 valence electrons. The van der Waals surface area contributed by atoms with E-state index in [1.54, 1.807) is 0 Å². The fourth-order valence-electron chi connectivity index (χ4n) is 2.18. The van der Waals surface area contributed by atoms with E-state index in [-0.39, 0.29) is 0 Å². The Morgan fingerprint density at radius 3 is 2.32 bits per heavy atom. The predicted molar refractivity (Wildman–Crippen MR) is 83.0 cm³/mol. The molecule has 0 aliphatic heterocycles. The smallest absolute Gasteiger partial charge is 0.131 e. The van der Waals surface area contributed by atoms with Gasteiger partial charge in [-0.2, -0.15) is 0 Å². The van der Waals surface area contributed by atoms with Gasteiger partial charge < -0.3 is 4.90 Å². The van der Waals surface area contributed by atoms with Gasteiger partial charge in [0.05, 0.1) is 23.5 Å². The molecule has 19 heavy (non-hydrogen) atoms. The monoisotopic (exact) mass is 283 g/mol. The molecular weight excluding hydrogens is 258 g/mol. The molecule has 1 rings (SSSR count). The maximum Gasteiger partial charge on any atom is 0.131 e. The molecule has 0 saturated heterocycles. The first kappa shape index (κ1) is 16.2. The summed E-state index contributed by atoms with van der Waals surface area (Å²) in [5, 5.41) is 0. The molecule has 4 heteroatoms. The van der Waals surface area contributed by atoms with Crippen LogP contribution in [0.4, 0.5) is 5.69 Å². The standard InChI is InChI=1S/C15H26ClN3/c1-10(2)7-12(5)19(6)14-9-17-15(11(3)4)18-13(14)8-16/h9-12H,7-8H2,1-6H3. The molecule has 1 aromatic rings. The van der Waals surface area contributed by atoms with Gasteiger partial charge in [0.1, 0.15) is 5.82 Å². The lowest BCUT2D eigenvalue weighted by molar-refractivity contribution is 0.503. The van der Waals surface area contributed by atoms with Crippen molar-refractivity contribution in [3.63, 3.8) is 0 Å². The summed E-state index contributed by atoms with van der Waals surface area (Å²) >= 11 is 6.05. The fourth-order valence-corrected chi connectivity index (χ4v) is 2.37. The Morgan fingerprint density at radius 1 is 1.21 bits per heavy atom. The van der Waals surface area contributed by atoms with Gasteiger partial charge in [0.25, 0.3) is 0 Å². The Balaban J connectivity index is 2.99. The molecule has 1 aromatic heterocycles. The number of hydrogen-bond acceptors (Lipinski definition) is 3. The van der Waals surface area contributed by atoms with E-state index in [0.717, 1.165) is 23.6 Å². The van der Waals surface area contributed by atoms with Gasteiger partial charge in [-0.15, -0.1) is 11.6 Å². The Hall–Kier alpha value is -0.830. The zero-order chi connectivity index (χ0) is 14.6. The van der Waals surface area contributed by atoms with Gasteiger partial charge in [0.2, 0.25) is 0 Å². The molecule has 0 N–H and O–H groups in total. The average molecular weight is 284 g/mol. The van der Waals surface area contributed by atoms with Crippen LogP contribution < -0.4 is 4.90 Å². The van der Waals surface area contributed by atoms with Crippen molar-refractivity contribution in [3.8, 4) is 0 Å². The lowest BCUT2D eigenvalue weighted by Crippen LogP contribution is -2.31. The number of hydrogen-bond donors (Lipinski definition) is 0. The summed E-state index contributed by atoms with van der Waals surface area (Å²) in [5.74, 6) is 2.29. The van der Waals surface area contributed by atoms with Crippen molar-refractivity contribution in [1.29, 1.82) is 0 Å². The molecule has 0 aliphatic rings. The number of rotatable bonds is 6. The van der Waals surface area contributed by atoms with E-state index in [0.29, 0.717) is 23.8 Å². The average Bonchev–Trinajstić information content (AvgIpc) is 2.36. The van der Waals surface area contributed by atoms with Gasteiger partial charge in [-0.25, -0.2) is 9.97 Å². The van der Waals surface area contributed by atoms with Crippen LogP contribution in [-0.4, -0.2) is 23.1 Å². The van der Waals surface area contributed by atoms with Crippen molar-refractivity contribution in [3.05, 3.63) is 17.7 Å². The van der Waals surface area contributed by atoms with Crippen LogP contribution in [0.2, 0.25) is 0 Å². The van der Waals surface area contributed by atoms with Crippen LogP contribution in [0.3, 0.4) is 0 Å². The highest BCUT2D eigenvalue weighted by molar-refractivity contribution is 6.17. The maximum atomic E-state index is 6.05. The molecule has 1 unspecified atom stereocenters. The summed E-state index contributed by atoms with van der Waals surface area (Å²) in [6.45, 7) is 10.9. The van der Waals surface area contributed by atoms with E-state index < -0.39 is 0 Å². The van der Waals surface area contributed by atoms with Gasteiger partial charge in [-0.3, -0.25) is 0 Å². The largest absolute Gasteiger partial charge is 0.369 e. The number of anilines is 1. The van der Waals surface area contributed by atoms with Crippen molar-refractivity contribution in [2.45, 2.75) is 58.9 Å². The lowest BCUT2D eigenvalue weighted by atomic mass is 10.0. The second-order valence-electron chi connectivity index (χ2n) is 5.94. The minimum atomic E-state index is 0.328. The molecular formula is C15H26ClN3. The second-order valence-corrected chi connectivity index (χ2v) is 6.21. The predicted octanol–water partition coefficient (Wildman–Crippen LogP) is 4.21. The third kappa shape index (κ3) is 4.34. The molecule has 0 spiro atoms. The van der Waals surface area contributed by atoms with Gasteiger partial charge in [0.15, 0.2) is 0 Å². The third-order valence-corrected chi connectivity index (χ3v) is 3.61. The first-order chi connectivity index (χ1) is 8.86. The highest BCUT2D eigenvalue weighted by Crippen LogP contribution is 2.24. The zero-order valence-corrected chi connectivity index (χ0v) is 13.7. The van der Waals surface area contributed by atoms with Crippen molar-refractivity contribution in [2.75, 3.05) is 11.9 Å². The van der Waals surface area contributed by atoms with Crippen molar-refractivity contribution >= 4 is 17.3 Å². The van der Waals surface area contributed by atoms with Gasteiger partial charge in [-0.05, 0) is 19.3 Å². The molecule has 0 fully saturated rings. The summed E-state index contributed by atoms with van der Waals surface area (Å²) in [4.78, 5) is 11.3. The summed E-state index contributed by atoms with van der Waals surface area (Å²) in [5.41, 5.74) is 1.98. The maximum absolute atomic E-state index is 6.05. The molecule has 0 bridgehead atoms. The van der Waals surface area contributed by atoms with E-state index in [2.05, 4.69) is 56.5 Å². The van der Waals surface area contributed by atoms with Crippen LogP contribution in [0.25, 0.3) is 0 Å². The second kappa shape index (κ2) is 7.09. The summed E-state index contributed by atoms with van der Waals surface area (Å²) in [7, 11) is 2.09. The number of alkyl halides is 1. The van der Waals surface area contributed by atoms with E-state index in [1.165, 1.54) is 0 Å². The topological polar surface area (TPSA) is 29.0 Å². The van der Waals surface area contributed by atoms with E-state index in [9.17, 15) is 0 Å². The van der Waals surface area contributed by atoms with Crippen LogP contribution in [0, 0.1) is 5.92 Å². The first-order valence-corrected chi connectivity index (χ1v) is 7.54.